The quantitative estimate of drug-likeness (QED) is 0.166. The predicted octanol–water partition coefficient (Wildman–Crippen LogP) is 9.03. The van der Waals surface area contributed by atoms with Crippen LogP contribution in [0.3, 0.4) is 0 Å². The molecule has 0 saturated carbocycles. The normalized spacial score (nSPS) is 22.3. The van der Waals surface area contributed by atoms with Gasteiger partial charge in [-0.2, -0.15) is 0 Å². The summed E-state index contributed by atoms with van der Waals surface area (Å²) in [5.41, 5.74) is 1.83. The largest absolute Gasteiger partial charge is 0.424 e. The first-order valence-electron chi connectivity index (χ1n) is 16.5. The van der Waals surface area contributed by atoms with Crippen LogP contribution in [0.25, 0.3) is 0 Å². The fraction of sp³-hybridized carbons (Fsp3) is 0.486. The highest BCUT2D eigenvalue weighted by atomic mass is 127. The smallest absolute Gasteiger partial charge is 0.414 e. The Labute approximate surface area is 294 Å². The molecule has 0 unspecified atom stereocenters. The van der Waals surface area contributed by atoms with Gasteiger partial charge in [-0.1, -0.05) is 91.8 Å². The molecule has 2 saturated heterocycles. The van der Waals surface area contributed by atoms with Gasteiger partial charge in [0.05, 0.1) is 24.1 Å². The van der Waals surface area contributed by atoms with E-state index in [1.807, 2.05) is 83.3 Å². The van der Waals surface area contributed by atoms with Crippen molar-refractivity contribution in [1.82, 2.24) is 4.57 Å². The summed E-state index contributed by atoms with van der Waals surface area (Å²) in [5.74, 6) is 0.182. The zero-order chi connectivity index (χ0) is 34.1. The SMILES string of the molecule is CC(C)[Si]1(C(C)C)OC[C@H]2O[C@@H](n3ccc(OC(=O)N(c4ccccc4)c4ccccc4)c(I)c3=O)C[C@@H]2O[Si](C(C)C)(C(C)C)O1. The number of hydrogen-bond donors (Lipinski definition) is 0. The second kappa shape index (κ2) is 14.6. The first-order chi connectivity index (χ1) is 22.3. The predicted molar refractivity (Wildman–Crippen MR) is 197 cm³/mol. The average molecular weight is 791 g/mol. The van der Waals surface area contributed by atoms with Gasteiger partial charge in [0.2, 0.25) is 0 Å². The van der Waals surface area contributed by atoms with Crippen molar-refractivity contribution in [2.45, 2.75) is 102 Å². The molecule has 5 rings (SSSR count). The van der Waals surface area contributed by atoms with Gasteiger partial charge in [-0.05, 0) is 75.1 Å². The monoisotopic (exact) mass is 790 g/mol. The second-order valence-corrected chi connectivity index (χ2v) is 23.5. The highest BCUT2D eigenvalue weighted by Crippen LogP contribution is 2.48. The lowest BCUT2D eigenvalue weighted by Crippen LogP contribution is -2.65. The number of carbonyl (C=O) groups is 1. The molecular formula is C35H47IN2O7Si2. The molecule has 254 valence electrons. The number of nitrogens with zero attached hydrogens (tertiary/aromatic N) is 2. The van der Waals surface area contributed by atoms with Crippen molar-refractivity contribution in [1.29, 1.82) is 0 Å². The Morgan fingerprint density at radius 1 is 0.830 bits per heavy atom. The third kappa shape index (κ3) is 7.05. The maximum absolute atomic E-state index is 13.8. The van der Waals surface area contributed by atoms with Crippen molar-refractivity contribution in [3.05, 3.63) is 86.9 Å². The van der Waals surface area contributed by atoms with Crippen LogP contribution in [-0.2, 0) is 17.7 Å². The van der Waals surface area contributed by atoms with Crippen molar-refractivity contribution < 1.29 is 27.2 Å². The third-order valence-electron chi connectivity index (χ3n) is 9.27. The molecular weight excluding hydrogens is 743 g/mol. The molecule has 1 aromatic heterocycles. The number of halogens is 1. The van der Waals surface area contributed by atoms with Gasteiger partial charge in [-0.3, -0.25) is 9.36 Å². The Morgan fingerprint density at radius 2 is 1.36 bits per heavy atom. The topological polar surface area (TPSA) is 88.5 Å². The first kappa shape index (κ1) is 36.0. The maximum atomic E-state index is 13.8. The van der Waals surface area contributed by atoms with E-state index in [2.05, 4.69) is 55.4 Å². The van der Waals surface area contributed by atoms with Gasteiger partial charge in [0, 0.05) is 12.6 Å². The molecule has 0 bridgehead atoms. The average Bonchev–Trinajstić information content (AvgIpc) is 3.41. The number of aromatic nitrogens is 1. The van der Waals surface area contributed by atoms with E-state index in [0.29, 0.717) is 24.4 Å². The Hall–Kier alpha value is -2.34. The summed E-state index contributed by atoms with van der Waals surface area (Å²) < 4.78 is 35.6. The number of ether oxygens (including phenoxy) is 2. The van der Waals surface area contributed by atoms with E-state index in [-0.39, 0.29) is 49.3 Å². The fourth-order valence-corrected chi connectivity index (χ4v) is 18.6. The minimum atomic E-state index is -2.81. The van der Waals surface area contributed by atoms with Crippen LogP contribution in [0, 0.1) is 3.57 Å². The van der Waals surface area contributed by atoms with Crippen molar-refractivity contribution in [2.75, 3.05) is 11.5 Å². The Bertz CT molecular complexity index is 1530. The molecule has 2 fully saturated rings. The molecule has 3 aromatic rings. The standard InChI is InChI=1S/C35H47IN2O7Si2/c1-23(2)46(24(3)4)41-22-31-30(44-47(45-46,25(5)6)26(7)8)21-32(42-31)37-20-19-29(33(36)34(37)39)43-35(40)38(27-15-11-9-12-16-27)28-17-13-10-14-18-28/h9-20,23-26,30-32H,21-22H2,1-8H3/t30-,31+,32+/m0/s1. The van der Waals surface area contributed by atoms with E-state index in [1.165, 1.54) is 4.90 Å². The van der Waals surface area contributed by atoms with Crippen LogP contribution in [0.4, 0.5) is 16.2 Å². The molecule has 0 aliphatic carbocycles. The van der Waals surface area contributed by atoms with Gasteiger partial charge in [0.1, 0.15) is 15.9 Å². The van der Waals surface area contributed by atoms with Gasteiger partial charge >= 0.3 is 23.2 Å². The Kier molecular flexibility index (Phi) is 11.2. The van der Waals surface area contributed by atoms with Crippen LogP contribution in [-0.4, -0.2) is 46.6 Å². The molecule has 2 aliphatic heterocycles. The van der Waals surface area contributed by atoms with Crippen molar-refractivity contribution in [3.63, 3.8) is 0 Å². The molecule has 0 N–H and O–H groups in total. The van der Waals surface area contributed by atoms with Gasteiger partial charge in [0.25, 0.3) is 5.56 Å². The van der Waals surface area contributed by atoms with E-state index in [9.17, 15) is 9.59 Å². The van der Waals surface area contributed by atoms with E-state index >= 15 is 0 Å². The summed E-state index contributed by atoms with van der Waals surface area (Å²) in [6.07, 6.45) is 0.308. The van der Waals surface area contributed by atoms with Gasteiger partial charge in [0.15, 0.2) is 5.75 Å². The summed E-state index contributed by atoms with van der Waals surface area (Å²) in [4.78, 5) is 28.9. The summed E-state index contributed by atoms with van der Waals surface area (Å²) in [7, 11) is -5.52. The molecule has 9 nitrogen and oxygen atoms in total. The van der Waals surface area contributed by atoms with Gasteiger partial charge in [-0.25, -0.2) is 9.69 Å². The molecule has 2 aliphatic rings. The van der Waals surface area contributed by atoms with Crippen LogP contribution in [0.15, 0.2) is 77.7 Å². The van der Waals surface area contributed by atoms with Crippen LogP contribution in [0.2, 0.25) is 22.2 Å². The van der Waals surface area contributed by atoms with Crippen molar-refractivity contribution in [3.8, 4) is 5.75 Å². The van der Waals surface area contributed by atoms with E-state index in [1.54, 1.807) is 16.8 Å². The minimum Gasteiger partial charge on any atom is -0.414 e. The minimum absolute atomic E-state index is 0.182. The second-order valence-electron chi connectivity index (χ2n) is 13.6. The maximum Gasteiger partial charge on any atom is 0.424 e. The first-order valence-corrected chi connectivity index (χ1v) is 21.5. The zero-order valence-electron chi connectivity index (χ0n) is 28.5. The number of amides is 1. The van der Waals surface area contributed by atoms with Crippen LogP contribution in [0.5, 0.6) is 5.75 Å². The summed E-state index contributed by atoms with van der Waals surface area (Å²) in [5, 5.41) is 0. The van der Waals surface area contributed by atoms with E-state index in [4.69, 9.17) is 22.4 Å². The van der Waals surface area contributed by atoms with Crippen LogP contribution in [0.1, 0.15) is 68.0 Å². The van der Waals surface area contributed by atoms with Crippen molar-refractivity contribution >= 4 is 57.2 Å². The zero-order valence-corrected chi connectivity index (χ0v) is 32.7. The van der Waals surface area contributed by atoms with Crippen LogP contribution < -0.4 is 15.2 Å². The van der Waals surface area contributed by atoms with E-state index in [0.717, 1.165) is 0 Å². The lowest BCUT2D eigenvalue weighted by atomic mass is 10.2. The number of pyridine rings is 1. The number of benzene rings is 2. The lowest BCUT2D eigenvalue weighted by molar-refractivity contribution is -0.0563. The van der Waals surface area contributed by atoms with Crippen molar-refractivity contribution in [2.24, 2.45) is 0 Å². The fourth-order valence-electron chi connectivity index (χ4n) is 6.77. The highest BCUT2D eigenvalue weighted by molar-refractivity contribution is 14.1. The molecule has 3 atom stereocenters. The summed E-state index contributed by atoms with van der Waals surface area (Å²) in [6.45, 7) is 17.9. The number of fused-ring (bicyclic) bond motifs is 1. The Morgan fingerprint density at radius 3 is 1.87 bits per heavy atom. The number of hydrogen-bond acceptors (Lipinski definition) is 7. The number of rotatable bonds is 8. The number of anilines is 2. The summed E-state index contributed by atoms with van der Waals surface area (Å²) >= 11 is 1.95. The molecule has 0 radical (unpaired) electrons. The van der Waals surface area contributed by atoms with Crippen LogP contribution >= 0.6 is 22.6 Å². The number of para-hydroxylation sites is 2. The Balaban J connectivity index is 1.42. The third-order valence-corrected chi connectivity index (χ3v) is 20.5. The molecule has 0 spiro atoms. The molecule has 3 heterocycles. The van der Waals surface area contributed by atoms with Gasteiger partial charge < -0.3 is 22.4 Å². The molecule has 12 heteroatoms. The van der Waals surface area contributed by atoms with E-state index < -0.39 is 29.4 Å². The molecule has 1 amide bonds. The number of carbonyl (C=O) groups excluding carboxylic acids is 1. The molecule has 47 heavy (non-hydrogen) atoms. The lowest BCUT2D eigenvalue weighted by Gasteiger charge is -2.51. The summed E-state index contributed by atoms with van der Waals surface area (Å²) in [6, 6.07) is 20.2. The van der Waals surface area contributed by atoms with Gasteiger partial charge in [-0.15, -0.1) is 0 Å². The molecule has 2 aromatic carbocycles. The highest BCUT2D eigenvalue weighted by Gasteiger charge is 2.60.